The normalized spacial score (nSPS) is 19.2. The molecule has 0 aromatic rings. The van der Waals surface area contributed by atoms with Crippen molar-refractivity contribution in [3.63, 3.8) is 0 Å². The lowest BCUT2D eigenvalue weighted by Crippen LogP contribution is -2.52. The minimum absolute atomic E-state index is 0.0263. The van der Waals surface area contributed by atoms with Crippen LogP contribution in [0.3, 0.4) is 0 Å². The molecule has 1 aliphatic rings. The van der Waals surface area contributed by atoms with Crippen LogP contribution in [0.25, 0.3) is 0 Å². The fraction of sp³-hybridized carbons (Fsp3) is 0.941. The van der Waals surface area contributed by atoms with Crippen LogP contribution in [0.15, 0.2) is 0 Å². The Labute approximate surface area is 131 Å². The fourth-order valence-electron chi connectivity index (χ4n) is 3.11. The molecule has 0 saturated carbocycles. The lowest BCUT2D eigenvalue weighted by Gasteiger charge is -2.35. The van der Waals surface area contributed by atoms with Gasteiger partial charge in [0, 0.05) is 26.7 Å². The van der Waals surface area contributed by atoms with E-state index in [1.54, 1.807) is 4.90 Å². The van der Waals surface area contributed by atoms with E-state index in [1.807, 2.05) is 14.1 Å². The van der Waals surface area contributed by atoms with E-state index in [-0.39, 0.29) is 11.9 Å². The van der Waals surface area contributed by atoms with Gasteiger partial charge < -0.3 is 15.1 Å². The Morgan fingerprint density at radius 2 is 1.71 bits per heavy atom. The van der Waals surface area contributed by atoms with E-state index in [4.69, 9.17) is 0 Å². The summed E-state index contributed by atoms with van der Waals surface area (Å²) in [7, 11) is 3.70. The van der Waals surface area contributed by atoms with E-state index in [2.05, 4.69) is 37.9 Å². The summed E-state index contributed by atoms with van der Waals surface area (Å²) in [5.74, 6) is 1.49. The van der Waals surface area contributed by atoms with Gasteiger partial charge in [-0.25, -0.2) is 0 Å². The van der Waals surface area contributed by atoms with E-state index in [1.165, 1.54) is 6.54 Å². The van der Waals surface area contributed by atoms with E-state index >= 15 is 0 Å². The standard InChI is InChI=1S/C17H35N3O/c1-13(2)11-16(17(21)19(5)6)18-15-7-9-20(10-8-15)12-14(3)4/h13-16,18H,7-12H2,1-6H3. The van der Waals surface area contributed by atoms with Crippen LogP contribution < -0.4 is 5.32 Å². The maximum absolute atomic E-state index is 12.3. The summed E-state index contributed by atoms with van der Waals surface area (Å²) in [6.07, 6.45) is 3.23. The van der Waals surface area contributed by atoms with Gasteiger partial charge in [0.1, 0.15) is 0 Å². The largest absolute Gasteiger partial charge is 0.347 e. The summed E-state index contributed by atoms with van der Waals surface area (Å²) in [4.78, 5) is 16.6. The molecule has 1 saturated heterocycles. The fourth-order valence-corrected chi connectivity index (χ4v) is 3.11. The highest BCUT2D eigenvalue weighted by atomic mass is 16.2. The van der Waals surface area contributed by atoms with Crippen LogP contribution >= 0.6 is 0 Å². The maximum Gasteiger partial charge on any atom is 0.239 e. The van der Waals surface area contributed by atoms with Gasteiger partial charge in [-0.1, -0.05) is 27.7 Å². The van der Waals surface area contributed by atoms with Crippen LogP contribution in [0, 0.1) is 11.8 Å². The number of likely N-dealkylation sites (tertiary alicyclic amines) is 1. The third-order valence-electron chi connectivity index (χ3n) is 4.09. The van der Waals surface area contributed by atoms with Crippen LogP contribution in [0.2, 0.25) is 0 Å². The predicted molar refractivity (Wildman–Crippen MR) is 89.4 cm³/mol. The zero-order valence-corrected chi connectivity index (χ0v) is 14.9. The van der Waals surface area contributed by atoms with E-state index < -0.39 is 0 Å². The Balaban J connectivity index is 2.47. The highest BCUT2D eigenvalue weighted by Crippen LogP contribution is 2.15. The lowest BCUT2D eigenvalue weighted by atomic mass is 9.98. The van der Waals surface area contributed by atoms with Gasteiger partial charge in [-0.15, -0.1) is 0 Å². The first kappa shape index (κ1) is 18.4. The topological polar surface area (TPSA) is 35.6 Å². The summed E-state index contributed by atoms with van der Waals surface area (Å²) < 4.78 is 0. The van der Waals surface area contributed by atoms with Gasteiger partial charge in [-0.05, 0) is 44.2 Å². The van der Waals surface area contributed by atoms with E-state index in [9.17, 15) is 4.79 Å². The van der Waals surface area contributed by atoms with Gasteiger partial charge in [0.15, 0.2) is 0 Å². The molecule has 1 unspecified atom stereocenters. The van der Waals surface area contributed by atoms with Crippen LogP contribution in [0.1, 0.15) is 47.0 Å². The molecule has 0 radical (unpaired) electrons. The molecule has 21 heavy (non-hydrogen) atoms. The van der Waals surface area contributed by atoms with Crippen molar-refractivity contribution in [2.24, 2.45) is 11.8 Å². The van der Waals surface area contributed by atoms with Gasteiger partial charge in [-0.2, -0.15) is 0 Å². The number of nitrogens with zero attached hydrogens (tertiary/aromatic N) is 2. The average Bonchev–Trinajstić information content (AvgIpc) is 2.38. The Hall–Kier alpha value is -0.610. The molecule has 0 aromatic carbocycles. The Kier molecular flexibility index (Phi) is 7.67. The molecule has 4 heteroatoms. The van der Waals surface area contributed by atoms with Gasteiger partial charge in [-0.3, -0.25) is 4.79 Å². The van der Waals surface area contributed by atoms with Crippen LogP contribution in [-0.2, 0) is 4.79 Å². The second-order valence-corrected chi connectivity index (χ2v) is 7.55. The molecule has 1 amide bonds. The van der Waals surface area contributed by atoms with Crippen LogP contribution in [0.5, 0.6) is 0 Å². The highest BCUT2D eigenvalue weighted by molar-refractivity contribution is 5.81. The average molecular weight is 297 g/mol. The van der Waals surface area contributed by atoms with E-state index in [0.717, 1.165) is 38.3 Å². The third-order valence-corrected chi connectivity index (χ3v) is 4.09. The molecule has 124 valence electrons. The Morgan fingerprint density at radius 3 is 2.14 bits per heavy atom. The highest BCUT2D eigenvalue weighted by Gasteiger charge is 2.26. The number of hydrogen-bond donors (Lipinski definition) is 1. The number of likely N-dealkylation sites (N-methyl/N-ethyl adjacent to an activating group) is 1. The zero-order valence-electron chi connectivity index (χ0n) is 14.9. The number of piperidine rings is 1. The summed E-state index contributed by atoms with van der Waals surface area (Å²) >= 11 is 0. The number of nitrogens with one attached hydrogen (secondary N) is 1. The second kappa shape index (κ2) is 8.74. The molecule has 1 aliphatic heterocycles. The second-order valence-electron chi connectivity index (χ2n) is 7.55. The Bertz CT molecular complexity index is 307. The van der Waals surface area contributed by atoms with Crippen LogP contribution in [0.4, 0.5) is 0 Å². The first-order valence-electron chi connectivity index (χ1n) is 8.49. The molecule has 4 nitrogen and oxygen atoms in total. The first-order chi connectivity index (χ1) is 9.79. The molecule has 1 fully saturated rings. The quantitative estimate of drug-likeness (QED) is 0.782. The SMILES string of the molecule is CC(C)CC(NC1CCN(CC(C)C)CC1)C(=O)N(C)C. The third kappa shape index (κ3) is 6.79. The maximum atomic E-state index is 12.3. The number of carbonyl (C=O) groups excluding carboxylic acids is 1. The van der Waals surface area contributed by atoms with Gasteiger partial charge in [0.05, 0.1) is 6.04 Å². The molecule has 0 spiro atoms. The number of carbonyl (C=O) groups is 1. The van der Waals surface area contributed by atoms with Crippen molar-refractivity contribution in [2.75, 3.05) is 33.7 Å². The minimum atomic E-state index is -0.0263. The minimum Gasteiger partial charge on any atom is -0.347 e. The monoisotopic (exact) mass is 297 g/mol. The van der Waals surface area contributed by atoms with Crippen molar-refractivity contribution in [3.05, 3.63) is 0 Å². The molecular weight excluding hydrogens is 262 g/mol. The molecule has 1 N–H and O–H groups in total. The molecular formula is C17H35N3O. The van der Waals surface area contributed by atoms with E-state index in [0.29, 0.717) is 12.0 Å². The zero-order chi connectivity index (χ0) is 16.0. The van der Waals surface area contributed by atoms with Crippen LogP contribution in [-0.4, -0.2) is 61.5 Å². The smallest absolute Gasteiger partial charge is 0.239 e. The molecule has 0 aliphatic carbocycles. The van der Waals surface area contributed by atoms with Crippen molar-refractivity contribution in [1.82, 2.24) is 15.1 Å². The summed E-state index contributed by atoms with van der Waals surface area (Å²) in [6.45, 7) is 12.4. The van der Waals surface area contributed by atoms with Gasteiger partial charge in [0.2, 0.25) is 5.91 Å². The Morgan fingerprint density at radius 1 is 1.14 bits per heavy atom. The van der Waals surface area contributed by atoms with Crippen molar-refractivity contribution in [3.8, 4) is 0 Å². The number of hydrogen-bond acceptors (Lipinski definition) is 3. The van der Waals surface area contributed by atoms with Gasteiger partial charge in [0.25, 0.3) is 0 Å². The predicted octanol–water partition coefficient (Wildman–Crippen LogP) is 2.20. The molecule has 1 rings (SSSR count). The molecule has 0 bridgehead atoms. The van der Waals surface area contributed by atoms with Crippen molar-refractivity contribution >= 4 is 5.91 Å². The van der Waals surface area contributed by atoms with Crippen molar-refractivity contribution in [2.45, 2.75) is 59.0 Å². The molecule has 0 aromatic heterocycles. The van der Waals surface area contributed by atoms with Crippen molar-refractivity contribution in [1.29, 1.82) is 0 Å². The first-order valence-corrected chi connectivity index (χ1v) is 8.49. The number of amides is 1. The van der Waals surface area contributed by atoms with Gasteiger partial charge >= 0.3 is 0 Å². The lowest BCUT2D eigenvalue weighted by molar-refractivity contribution is -0.131. The summed E-state index contributed by atoms with van der Waals surface area (Å²) in [5.41, 5.74) is 0. The van der Waals surface area contributed by atoms with Crippen molar-refractivity contribution < 1.29 is 4.79 Å². The summed E-state index contributed by atoms with van der Waals surface area (Å²) in [6, 6.07) is 0.461. The summed E-state index contributed by atoms with van der Waals surface area (Å²) in [5, 5.41) is 3.62. The molecule has 1 atom stereocenters. The molecule has 1 heterocycles. The number of rotatable bonds is 7.